The van der Waals surface area contributed by atoms with Crippen LogP contribution in [0, 0.1) is 0 Å². The van der Waals surface area contributed by atoms with Gasteiger partial charge in [0.05, 0.1) is 13.3 Å². The van der Waals surface area contributed by atoms with Gasteiger partial charge in [-0.2, -0.15) is 0 Å². The Bertz CT molecular complexity index is 315. The standard InChI is InChI=1S/C12H18N2O/c1-15-10-4-5-11(14-8-10)12(9-13)6-2-3-7-12/h4-5,8H,2-3,6-7,9,13H2,1H3. The summed E-state index contributed by atoms with van der Waals surface area (Å²) in [6, 6.07) is 4.02. The van der Waals surface area contributed by atoms with Crippen molar-refractivity contribution >= 4 is 0 Å². The molecule has 0 spiro atoms. The van der Waals surface area contributed by atoms with Crippen molar-refractivity contribution in [2.75, 3.05) is 13.7 Å². The molecule has 1 aromatic heterocycles. The van der Waals surface area contributed by atoms with Crippen LogP contribution >= 0.6 is 0 Å². The Balaban J connectivity index is 2.26. The monoisotopic (exact) mass is 206 g/mol. The van der Waals surface area contributed by atoms with Crippen molar-refractivity contribution in [1.82, 2.24) is 4.98 Å². The Kier molecular flexibility index (Phi) is 2.91. The van der Waals surface area contributed by atoms with Crippen LogP contribution in [-0.4, -0.2) is 18.6 Å². The molecular weight excluding hydrogens is 188 g/mol. The van der Waals surface area contributed by atoms with Crippen LogP contribution in [0.2, 0.25) is 0 Å². The minimum absolute atomic E-state index is 0.131. The second-order valence-electron chi connectivity index (χ2n) is 4.27. The maximum absolute atomic E-state index is 5.90. The predicted molar refractivity (Wildman–Crippen MR) is 60.0 cm³/mol. The minimum Gasteiger partial charge on any atom is -0.495 e. The summed E-state index contributed by atoms with van der Waals surface area (Å²) in [5.41, 5.74) is 7.16. The Morgan fingerprint density at radius 2 is 2.13 bits per heavy atom. The van der Waals surface area contributed by atoms with Crippen molar-refractivity contribution in [3.05, 3.63) is 24.0 Å². The fraction of sp³-hybridized carbons (Fsp3) is 0.583. The van der Waals surface area contributed by atoms with E-state index in [2.05, 4.69) is 11.1 Å². The smallest absolute Gasteiger partial charge is 0.137 e. The molecule has 0 saturated heterocycles. The number of nitrogens with two attached hydrogens (primary N) is 1. The largest absolute Gasteiger partial charge is 0.495 e. The summed E-state index contributed by atoms with van der Waals surface area (Å²) in [4.78, 5) is 4.47. The molecular formula is C12H18N2O. The van der Waals surface area contributed by atoms with Gasteiger partial charge in [-0.1, -0.05) is 12.8 Å². The normalized spacial score (nSPS) is 19.1. The zero-order valence-corrected chi connectivity index (χ0v) is 9.20. The SMILES string of the molecule is COc1ccc(C2(CN)CCCC2)nc1. The van der Waals surface area contributed by atoms with Crippen molar-refractivity contribution in [2.24, 2.45) is 5.73 Å². The Morgan fingerprint density at radius 1 is 1.40 bits per heavy atom. The number of aromatic nitrogens is 1. The second kappa shape index (κ2) is 4.19. The zero-order valence-electron chi connectivity index (χ0n) is 9.20. The van der Waals surface area contributed by atoms with Crippen LogP contribution in [0.3, 0.4) is 0 Å². The molecule has 1 aliphatic rings. The van der Waals surface area contributed by atoms with Crippen molar-refractivity contribution in [3.63, 3.8) is 0 Å². The molecule has 1 saturated carbocycles. The summed E-state index contributed by atoms with van der Waals surface area (Å²) >= 11 is 0. The highest BCUT2D eigenvalue weighted by Gasteiger charge is 2.35. The van der Waals surface area contributed by atoms with E-state index in [9.17, 15) is 0 Å². The Morgan fingerprint density at radius 3 is 2.60 bits per heavy atom. The van der Waals surface area contributed by atoms with Gasteiger partial charge in [0.25, 0.3) is 0 Å². The molecule has 1 aromatic rings. The maximum atomic E-state index is 5.90. The van der Waals surface area contributed by atoms with E-state index in [1.807, 2.05) is 6.07 Å². The first-order chi connectivity index (χ1) is 7.30. The van der Waals surface area contributed by atoms with Gasteiger partial charge >= 0.3 is 0 Å². The molecule has 3 nitrogen and oxygen atoms in total. The van der Waals surface area contributed by atoms with Gasteiger partial charge in [0.1, 0.15) is 5.75 Å². The Labute approximate surface area is 90.7 Å². The highest BCUT2D eigenvalue weighted by atomic mass is 16.5. The average molecular weight is 206 g/mol. The van der Waals surface area contributed by atoms with Crippen molar-refractivity contribution in [3.8, 4) is 5.75 Å². The predicted octanol–water partition coefficient (Wildman–Crippen LogP) is 1.86. The van der Waals surface area contributed by atoms with Crippen LogP contribution in [-0.2, 0) is 5.41 Å². The highest BCUT2D eigenvalue weighted by molar-refractivity contribution is 5.26. The number of hydrogen-bond donors (Lipinski definition) is 1. The molecule has 0 radical (unpaired) electrons. The summed E-state index contributed by atoms with van der Waals surface area (Å²) in [6.45, 7) is 0.701. The molecule has 1 aliphatic carbocycles. The average Bonchev–Trinajstić information content (AvgIpc) is 2.79. The van der Waals surface area contributed by atoms with E-state index < -0.39 is 0 Å². The van der Waals surface area contributed by atoms with Crippen LogP contribution in [0.15, 0.2) is 18.3 Å². The molecule has 0 bridgehead atoms. The summed E-state index contributed by atoms with van der Waals surface area (Å²) in [6.07, 6.45) is 6.66. The van der Waals surface area contributed by atoms with E-state index in [0.717, 1.165) is 11.4 Å². The summed E-state index contributed by atoms with van der Waals surface area (Å²) in [5, 5.41) is 0. The quantitative estimate of drug-likeness (QED) is 0.821. The Hall–Kier alpha value is -1.09. The summed E-state index contributed by atoms with van der Waals surface area (Å²) < 4.78 is 5.10. The van der Waals surface area contributed by atoms with Crippen molar-refractivity contribution in [1.29, 1.82) is 0 Å². The van der Waals surface area contributed by atoms with E-state index in [0.29, 0.717) is 6.54 Å². The molecule has 82 valence electrons. The third kappa shape index (κ3) is 1.84. The number of rotatable bonds is 3. The van der Waals surface area contributed by atoms with Crippen LogP contribution in [0.1, 0.15) is 31.4 Å². The highest BCUT2D eigenvalue weighted by Crippen LogP contribution is 2.39. The number of ether oxygens (including phenoxy) is 1. The molecule has 0 amide bonds. The number of nitrogens with zero attached hydrogens (tertiary/aromatic N) is 1. The molecule has 0 aliphatic heterocycles. The molecule has 0 atom stereocenters. The molecule has 3 heteroatoms. The molecule has 2 rings (SSSR count). The van der Waals surface area contributed by atoms with Crippen LogP contribution in [0.25, 0.3) is 0 Å². The fourth-order valence-corrected chi connectivity index (χ4v) is 2.43. The molecule has 2 N–H and O–H groups in total. The first-order valence-electron chi connectivity index (χ1n) is 5.51. The van der Waals surface area contributed by atoms with Crippen LogP contribution < -0.4 is 10.5 Å². The number of pyridine rings is 1. The zero-order chi connectivity index (χ0) is 10.7. The lowest BCUT2D eigenvalue weighted by Gasteiger charge is -2.26. The van der Waals surface area contributed by atoms with Gasteiger partial charge in [-0.05, 0) is 25.0 Å². The molecule has 1 heterocycles. The lowest BCUT2D eigenvalue weighted by atomic mass is 9.82. The molecule has 0 aromatic carbocycles. The van der Waals surface area contributed by atoms with E-state index in [-0.39, 0.29) is 5.41 Å². The van der Waals surface area contributed by atoms with E-state index >= 15 is 0 Å². The third-order valence-electron chi connectivity index (χ3n) is 3.47. The molecule has 15 heavy (non-hydrogen) atoms. The van der Waals surface area contributed by atoms with Crippen molar-refractivity contribution in [2.45, 2.75) is 31.1 Å². The van der Waals surface area contributed by atoms with Crippen molar-refractivity contribution < 1.29 is 4.74 Å². The van der Waals surface area contributed by atoms with Gasteiger partial charge in [-0.25, -0.2) is 0 Å². The van der Waals surface area contributed by atoms with Gasteiger partial charge < -0.3 is 10.5 Å². The lowest BCUT2D eigenvalue weighted by Crippen LogP contribution is -2.32. The topological polar surface area (TPSA) is 48.1 Å². The minimum atomic E-state index is 0.131. The molecule has 0 unspecified atom stereocenters. The van der Waals surface area contributed by atoms with Crippen LogP contribution in [0.4, 0.5) is 0 Å². The van der Waals surface area contributed by atoms with E-state index in [1.54, 1.807) is 13.3 Å². The first kappa shape index (κ1) is 10.4. The maximum Gasteiger partial charge on any atom is 0.137 e. The first-order valence-corrected chi connectivity index (χ1v) is 5.51. The van der Waals surface area contributed by atoms with Gasteiger partial charge in [-0.3, -0.25) is 4.98 Å². The van der Waals surface area contributed by atoms with Crippen LogP contribution in [0.5, 0.6) is 5.75 Å². The van der Waals surface area contributed by atoms with Gasteiger partial charge in [0.2, 0.25) is 0 Å². The van der Waals surface area contributed by atoms with E-state index in [1.165, 1.54) is 25.7 Å². The fourth-order valence-electron chi connectivity index (χ4n) is 2.43. The van der Waals surface area contributed by atoms with Gasteiger partial charge in [0, 0.05) is 17.7 Å². The van der Waals surface area contributed by atoms with Gasteiger partial charge in [0.15, 0.2) is 0 Å². The lowest BCUT2D eigenvalue weighted by molar-refractivity contribution is 0.406. The summed E-state index contributed by atoms with van der Waals surface area (Å²) in [5.74, 6) is 0.809. The second-order valence-corrected chi connectivity index (χ2v) is 4.27. The number of methoxy groups -OCH3 is 1. The number of hydrogen-bond acceptors (Lipinski definition) is 3. The molecule has 1 fully saturated rings. The third-order valence-corrected chi connectivity index (χ3v) is 3.47. The summed E-state index contributed by atoms with van der Waals surface area (Å²) in [7, 11) is 1.66. The van der Waals surface area contributed by atoms with E-state index in [4.69, 9.17) is 10.5 Å². The van der Waals surface area contributed by atoms with Gasteiger partial charge in [-0.15, -0.1) is 0 Å².